The van der Waals surface area contributed by atoms with Crippen molar-refractivity contribution in [1.29, 1.82) is 0 Å². The van der Waals surface area contributed by atoms with Gasteiger partial charge >= 0.3 is 6.09 Å². The molecule has 0 saturated carbocycles. The average Bonchev–Trinajstić information content (AvgIpc) is 3.41. The van der Waals surface area contributed by atoms with Crippen LogP contribution >= 0.6 is 15.9 Å². The lowest BCUT2D eigenvalue weighted by molar-refractivity contribution is 0.105. The molecule has 1 amide bonds. The number of aromatic nitrogens is 2. The van der Waals surface area contributed by atoms with Gasteiger partial charge in [-0.25, -0.2) is 18.2 Å². The van der Waals surface area contributed by atoms with Crippen LogP contribution in [0.25, 0.3) is 0 Å². The number of amides is 1. The van der Waals surface area contributed by atoms with Gasteiger partial charge in [-0.05, 0) is 48.9 Å². The maximum atomic E-state index is 13.1. The van der Waals surface area contributed by atoms with E-state index in [2.05, 4.69) is 35.9 Å². The Morgan fingerprint density at radius 1 is 1.08 bits per heavy atom. The number of fused-ring (bicyclic) bond motifs is 1. The molecule has 39 heavy (non-hydrogen) atoms. The number of anilines is 3. The van der Waals surface area contributed by atoms with Gasteiger partial charge in [0.2, 0.25) is 12.7 Å². The molecule has 0 unspecified atom stereocenters. The second-order valence-corrected chi connectivity index (χ2v) is 11.3. The Morgan fingerprint density at radius 3 is 2.56 bits per heavy atom. The summed E-state index contributed by atoms with van der Waals surface area (Å²) in [7, 11) is -3.90. The van der Waals surface area contributed by atoms with Gasteiger partial charge in [0.25, 0.3) is 10.0 Å². The molecule has 2 aromatic carbocycles. The average molecular weight is 619 g/mol. The summed E-state index contributed by atoms with van der Waals surface area (Å²) in [6, 6.07) is 11.9. The number of nitrogens with zero attached hydrogens (tertiary/aromatic N) is 4. The quantitative estimate of drug-likeness (QED) is 0.385. The first-order valence-electron chi connectivity index (χ1n) is 12.3. The van der Waals surface area contributed by atoms with Crippen molar-refractivity contribution >= 4 is 49.5 Å². The van der Waals surface area contributed by atoms with Crippen LogP contribution < -0.4 is 24.4 Å². The van der Waals surface area contributed by atoms with E-state index < -0.39 is 10.0 Å². The fraction of sp³-hybridized carbons (Fsp3) is 0.320. The predicted molar refractivity (Wildman–Crippen MR) is 148 cm³/mol. The van der Waals surface area contributed by atoms with Crippen molar-refractivity contribution < 1.29 is 27.4 Å². The lowest BCUT2D eigenvalue weighted by atomic mass is 10.2. The van der Waals surface area contributed by atoms with E-state index in [1.54, 1.807) is 24.0 Å². The van der Waals surface area contributed by atoms with Crippen molar-refractivity contribution in [3.05, 3.63) is 58.7 Å². The van der Waals surface area contributed by atoms with Gasteiger partial charge in [-0.1, -0.05) is 22.0 Å². The highest BCUT2D eigenvalue weighted by Gasteiger charge is 2.25. The maximum absolute atomic E-state index is 13.1. The number of benzene rings is 2. The minimum atomic E-state index is -3.90. The van der Waals surface area contributed by atoms with E-state index in [0.717, 1.165) is 10.0 Å². The summed E-state index contributed by atoms with van der Waals surface area (Å²) in [4.78, 5) is 24.8. The largest absolute Gasteiger partial charge is 0.454 e. The number of rotatable bonds is 8. The molecule has 0 spiro atoms. The summed E-state index contributed by atoms with van der Waals surface area (Å²) in [6.45, 7) is 4.53. The standard InChI is InChI=1S/C25H27BrN6O6S/c1-2-36-25(33)32-11-9-31(10-12-32)24-28-15-20(30-39(34,35)19-6-4-18(26)5-7-19)23(29-24)27-14-17-3-8-21-22(13-17)38-16-37-21/h3-8,13,15,30H,2,9-12,14,16H2,1H3,(H,27,28,29). The van der Waals surface area contributed by atoms with E-state index in [9.17, 15) is 13.2 Å². The fourth-order valence-electron chi connectivity index (χ4n) is 4.09. The lowest BCUT2D eigenvalue weighted by Gasteiger charge is -2.34. The van der Waals surface area contributed by atoms with Crippen LogP contribution in [0.2, 0.25) is 0 Å². The van der Waals surface area contributed by atoms with E-state index in [4.69, 9.17) is 14.2 Å². The van der Waals surface area contributed by atoms with Crippen molar-refractivity contribution in [2.45, 2.75) is 18.4 Å². The van der Waals surface area contributed by atoms with E-state index in [-0.39, 0.29) is 23.5 Å². The van der Waals surface area contributed by atoms with Crippen LogP contribution in [0, 0.1) is 0 Å². The van der Waals surface area contributed by atoms with Crippen molar-refractivity contribution in [3.8, 4) is 11.5 Å². The molecule has 206 valence electrons. The highest BCUT2D eigenvalue weighted by molar-refractivity contribution is 9.10. The second-order valence-electron chi connectivity index (χ2n) is 8.71. The number of nitrogens with one attached hydrogen (secondary N) is 2. The highest BCUT2D eigenvalue weighted by Crippen LogP contribution is 2.33. The van der Waals surface area contributed by atoms with Crippen LogP contribution in [0.15, 0.2) is 58.0 Å². The molecule has 3 heterocycles. The first kappa shape index (κ1) is 26.8. The number of ether oxygens (including phenoxy) is 3. The molecule has 3 aromatic rings. The number of hydrogen-bond acceptors (Lipinski definition) is 10. The van der Waals surface area contributed by atoms with Crippen molar-refractivity contribution in [1.82, 2.24) is 14.9 Å². The van der Waals surface area contributed by atoms with E-state index in [1.807, 2.05) is 23.1 Å². The number of halogens is 1. The molecule has 1 aromatic heterocycles. The molecule has 2 aliphatic heterocycles. The lowest BCUT2D eigenvalue weighted by Crippen LogP contribution is -2.49. The molecule has 5 rings (SSSR count). The zero-order valence-electron chi connectivity index (χ0n) is 21.1. The maximum Gasteiger partial charge on any atom is 0.409 e. The van der Waals surface area contributed by atoms with Gasteiger partial charge in [0, 0.05) is 37.2 Å². The number of piperazine rings is 1. The summed E-state index contributed by atoms with van der Waals surface area (Å²) in [6.07, 6.45) is 1.10. The Morgan fingerprint density at radius 2 is 1.82 bits per heavy atom. The van der Waals surface area contributed by atoms with Crippen LogP contribution in [0.1, 0.15) is 12.5 Å². The summed E-state index contributed by atoms with van der Waals surface area (Å²) >= 11 is 3.32. The normalized spacial score (nSPS) is 14.7. The van der Waals surface area contributed by atoms with Crippen LogP contribution in [-0.2, 0) is 21.3 Å². The minimum Gasteiger partial charge on any atom is -0.454 e. The molecule has 1 fully saturated rings. The smallest absolute Gasteiger partial charge is 0.409 e. The molecular formula is C25H27BrN6O6S. The van der Waals surface area contributed by atoms with Crippen molar-refractivity contribution in [2.24, 2.45) is 0 Å². The zero-order chi connectivity index (χ0) is 27.4. The molecule has 2 aliphatic rings. The Balaban J connectivity index is 1.37. The Kier molecular flexibility index (Phi) is 7.93. The first-order chi connectivity index (χ1) is 18.8. The van der Waals surface area contributed by atoms with Gasteiger partial charge in [-0.3, -0.25) is 4.72 Å². The van der Waals surface area contributed by atoms with Gasteiger partial charge in [0.05, 0.1) is 17.7 Å². The molecule has 0 bridgehead atoms. The Labute approximate surface area is 234 Å². The van der Waals surface area contributed by atoms with Gasteiger partial charge in [0.1, 0.15) is 5.69 Å². The van der Waals surface area contributed by atoms with Crippen LogP contribution in [-0.4, -0.2) is 69.0 Å². The third-order valence-corrected chi connectivity index (χ3v) is 8.04. The third kappa shape index (κ3) is 6.28. The second kappa shape index (κ2) is 11.5. The molecule has 14 heteroatoms. The first-order valence-corrected chi connectivity index (χ1v) is 14.5. The molecule has 0 atom stereocenters. The fourth-order valence-corrected chi connectivity index (χ4v) is 5.41. The molecule has 0 aliphatic carbocycles. The minimum absolute atomic E-state index is 0.103. The summed E-state index contributed by atoms with van der Waals surface area (Å²) in [5.74, 6) is 2.05. The number of carbonyl (C=O) groups excluding carboxylic acids is 1. The molecule has 0 radical (unpaired) electrons. The van der Waals surface area contributed by atoms with Gasteiger partial charge in [-0.15, -0.1) is 0 Å². The van der Waals surface area contributed by atoms with Crippen LogP contribution in [0.4, 0.5) is 22.2 Å². The topological polar surface area (TPSA) is 135 Å². The zero-order valence-corrected chi connectivity index (χ0v) is 23.5. The monoisotopic (exact) mass is 618 g/mol. The number of hydrogen-bond donors (Lipinski definition) is 2. The van der Waals surface area contributed by atoms with Crippen LogP contribution in [0.3, 0.4) is 0 Å². The number of sulfonamides is 1. The highest BCUT2D eigenvalue weighted by atomic mass is 79.9. The molecular weight excluding hydrogens is 592 g/mol. The Bertz CT molecular complexity index is 1450. The van der Waals surface area contributed by atoms with Gasteiger partial charge in [-0.2, -0.15) is 4.98 Å². The molecule has 2 N–H and O–H groups in total. The predicted octanol–water partition coefficient (Wildman–Crippen LogP) is 3.66. The summed E-state index contributed by atoms with van der Waals surface area (Å²) in [5.41, 5.74) is 1.09. The van der Waals surface area contributed by atoms with Gasteiger partial charge in [0.15, 0.2) is 17.3 Å². The Hall–Kier alpha value is -3.78. The van der Waals surface area contributed by atoms with E-state index in [0.29, 0.717) is 62.6 Å². The van der Waals surface area contributed by atoms with Gasteiger partial charge < -0.3 is 29.3 Å². The summed E-state index contributed by atoms with van der Waals surface area (Å²) in [5, 5.41) is 3.23. The van der Waals surface area contributed by atoms with E-state index in [1.165, 1.54) is 18.3 Å². The number of carbonyl (C=O) groups is 1. The van der Waals surface area contributed by atoms with Crippen molar-refractivity contribution in [2.75, 3.05) is 54.5 Å². The molecule has 1 saturated heterocycles. The van der Waals surface area contributed by atoms with Crippen LogP contribution in [0.5, 0.6) is 11.5 Å². The third-order valence-electron chi connectivity index (χ3n) is 6.13. The summed E-state index contributed by atoms with van der Waals surface area (Å²) < 4.78 is 45.5. The van der Waals surface area contributed by atoms with Crippen molar-refractivity contribution in [3.63, 3.8) is 0 Å². The SMILES string of the molecule is CCOC(=O)N1CCN(c2ncc(NS(=O)(=O)c3ccc(Br)cc3)c(NCc3ccc4c(c3)OCO4)n2)CC1. The molecule has 12 nitrogen and oxygen atoms in total. The van der Waals surface area contributed by atoms with E-state index >= 15 is 0 Å².